The van der Waals surface area contributed by atoms with Crippen LogP contribution >= 0.6 is 0 Å². The van der Waals surface area contributed by atoms with Crippen LogP contribution in [0.2, 0.25) is 0 Å². The minimum Gasteiger partial charge on any atom is -0.480 e. The summed E-state index contributed by atoms with van der Waals surface area (Å²) in [6.07, 6.45) is 0.994. The van der Waals surface area contributed by atoms with Crippen molar-refractivity contribution in [3.05, 3.63) is 35.9 Å². The van der Waals surface area contributed by atoms with Gasteiger partial charge in [-0.1, -0.05) is 51.1 Å². The Bertz CT molecular complexity index is 704. The minimum absolute atomic E-state index is 0.126. The Balaban J connectivity index is 2.29. The van der Waals surface area contributed by atoms with Crippen LogP contribution < -0.4 is 5.32 Å². The van der Waals surface area contributed by atoms with Gasteiger partial charge in [0.15, 0.2) is 0 Å². The summed E-state index contributed by atoms with van der Waals surface area (Å²) in [5.41, 5.74) is -3.58. The van der Waals surface area contributed by atoms with Gasteiger partial charge in [-0.25, -0.2) is 4.79 Å². The van der Waals surface area contributed by atoms with E-state index in [1.807, 2.05) is 51.1 Å². The van der Waals surface area contributed by atoms with E-state index in [0.717, 1.165) is 5.56 Å². The first-order valence-corrected chi connectivity index (χ1v) is 9.23. The number of amides is 1. The monoisotopic (exact) mass is 377 g/mol. The molecule has 0 unspecified atom stereocenters. The number of hydrogen-bond acceptors (Lipinski definition) is 4. The summed E-state index contributed by atoms with van der Waals surface area (Å²) in [6.45, 7) is 7.56. The average Bonchev–Trinajstić information content (AvgIpc) is 2.77. The molecule has 0 radical (unpaired) electrons. The van der Waals surface area contributed by atoms with E-state index < -0.39 is 33.8 Å². The molecule has 1 aliphatic rings. The van der Waals surface area contributed by atoms with Gasteiger partial charge in [-0.05, 0) is 30.7 Å². The number of benzene rings is 1. The molecule has 0 spiro atoms. The molecule has 1 aliphatic carbocycles. The fourth-order valence-electron chi connectivity index (χ4n) is 4.08. The van der Waals surface area contributed by atoms with Crippen LogP contribution in [0, 0.1) is 10.8 Å². The summed E-state index contributed by atoms with van der Waals surface area (Å²) in [5, 5.41) is 23.7. The van der Waals surface area contributed by atoms with Crippen molar-refractivity contribution in [3.8, 4) is 0 Å². The van der Waals surface area contributed by atoms with Gasteiger partial charge in [-0.3, -0.25) is 4.79 Å². The normalized spacial score (nSPS) is 29.1. The van der Waals surface area contributed by atoms with Gasteiger partial charge in [0, 0.05) is 18.9 Å². The SMILES string of the molecule is COC[C@]1(C)CC[C@@](O)(C(=O)N[C@@](C)(Cc2ccccc2)C(=O)O)C1(C)C. The van der Waals surface area contributed by atoms with E-state index in [1.54, 1.807) is 7.11 Å². The number of carboxylic acid groups (broad SMARTS) is 1. The van der Waals surface area contributed by atoms with E-state index in [0.29, 0.717) is 13.0 Å². The molecule has 3 atom stereocenters. The Morgan fingerprint density at radius 1 is 1.19 bits per heavy atom. The van der Waals surface area contributed by atoms with Crippen molar-refractivity contribution in [2.75, 3.05) is 13.7 Å². The second-order valence-corrected chi connectivity index (χ2v) is 8.73. The van der Waals surface area contributed by atoms with Crippen molar-refractivity contribution < 1.29 is 24.5 Å². The summed E-state index contributed by atoms with van der Waals surface area (Å²) >= 11 is 0. The molecule has 0 saturated heterocycles. The quantitative estimate of drug-likeness (QED) is 0.678. The van der Waals surface area contributed by atoms with E-state index in [4.69, 9.17) is 4.74 Å². The van der Waals surface area contributed by atoms with Gasteiger partial charge in [0.05, 0.1) is 6.61 Å². The Hall–Kier alpha value is -1.92. The van der Waals surface area contributed by atoms with Crippen LogP contribution in [0.4, 0.5) is 0 Å². The maximum atomic E-state index is 13.1. The van der Waals surface area contributed by atoms with Crippen LogP contribution in [0.15, 0.2) is 30.3 Å². The number of carbonyl (C=O) groups excluding carboxylic acids is 1. The van der Waals surface area contributed by atoms with Crippen molar-refractivity contribution >= 4 is 11.9 Å². The summed E-state index contributed by atoms with van der Waals surface area (Å²) in [7, 11) is 1.60. The molecule has 0 aromatic heterocycles. The molecule has 150 valence electrons. The van der Waals surface area contributed by atoms with E-state index >= 15 is 0 Å². The largest absolute Gasteiger partial charge is 0.480 e. The highest BCUT2D eigenvalue weighted by Crippen LogP contribution is 2.58. The zero-order chi connectivity index (χ0) is 20.5. The Morgan fingerprint density at radius 3 is 2.30 bits per heavy atom. The van der Waals surface area contributed by atoms with E-state index in [-0.39, 0.29) is 12.8 Å². The number of ether oxygens (including phenoxy) is 1. The zero-order valence-corrected chi connectivity index (χ0v) is 16.8. The lowest BCUT2D eigenvalue weighted by atomic mass is 9.64. The maximum Gasteiger partial charge on any atom is 0.329 e. The van der Waals surface area contributed by atoms with Crippen molar-refractivity contribution in [2.45, 2.75) is 58.1 Å². The van der Waals surface area contributed by atoms with Crippen LogP contribution in [0.25, 0.3) is 0 Å². The molecule has 0 bridgehead atoms. The number of carboxylic acids is 1. The van der Waals surface area contributed by atoms with Crippen LogP contribution in [0.3, 0.4) is 0 Å². The summed E-state index contributed by atoms with van der Waals surface area (Å²) < 4.78 is 5.32. The molecule has 1 amide bonds. The molecule has 1 aromatic carbocycles. The molecule has 0 heterocycles. The van der Waals surface area contributed by atoms with E-state index in [1.165, 1.54) is 6.92 Å². The van der Waals surface area contributed by atoms with Crippen molar-refractivity contribution in [3.63, 3.8) is 0 Å². The Morgan fingerprint density at radius 2 is 1.78 bits per heavy atom. The first-order chi connectivity index (χ1) is 12.4. The molecule has 27 heavy (non-hydrogen) atoms. The molecule has 1 aromatic rings. The van der Waals surface area contributed by atoms with Crippen LogP contribution in [-0.4, -0.2) is 46.9 Å². The number of carbonyl (C=O) groups is 2. The van der Waals surface area contributed by atoms with Gasteiger partial charge >= 0.3 is 5.97 Å². The highest BCUT2D eigenvalue weighted by atomic mass is 16.5. The third-order valence-electron chi connectivity index (χ3n) is 6.68. The van der Waals surface area contributed by atoms with Crippen LogP contribution in [0.1, 0.15) is 46.1 Å². The van der Waals surface area contributed by atoms with Crippen molar-refractivity contribution in [1.29, 1.82) is 0 Å². The van der Waals surface area contributed by atoms with Crippen LogP contribution in [-0.2, 0) is 20.7 Å². The number of hydrogen-bond donors (Lipinski definition) is 3. The number of aliphatic carboxylic acids is 1. The maximum absolute atomic E-state index is 13.1. The molecule has 6 nitrogen and oxygen atoms in total. The van der Waals surface area contributed by atoms with Gasteiger partial charge in [-0.2, -0.15) is 0 Å². The second kappa shape index (κ2) is 7.24. The average molecular weight is 377 g/mol. The number of nitrogens with one attached hydrogen (secondary N) is 1. The second-order valence-electron chi connectivity index (χ2n) is 8.73. The lowest BCUT2D eigenvalue weighted by molar-refractivity contribution is -0.163. The van der Waals surface area contributed by atoms with Crippen molar-refractivity contribution in [1.82, 2.24) is 5.32 Å². The van der Waals surface area contributed by atoms with Gasteiger partial charge in [-0.15, -0.1) is 0 Å². The van der Waals surface area contributed by atoms with Crippen molar-refractivity contribution in [2.24, 2.45) is 10.8 Å². The third-order valence-corrected chi connectivity index (χ3v) is 6.68. The molecular formula is C21H31NO5. The summed E-state index contributed by atoms with van der Waals surface area (Å²) in [6, 6.07) is 9.13. The first-order valence-electron chi connectivity index (χ1n) is 9.23. The van der Waals surface area contributed by atoms with Crippen LogP contribution in [0.5, 0.6) is 0 Å². The van der Waals surface area contributed by atoms with Gasteiger partial charge in [0.25, 0.3) is 5.91 Å². The molecule has 6 heteroatoms. The number of rotatable bonds is 7. The van der Waals surface area contributed by atoms with Gasteiger partial charge < -0.3 is 20.3 Å². The third kappa shape index (κ3) is 3.60. The predicted molar refractivity (Wildman–Crippen MR) is 102 cm³/mol. The van der Waals surface area contributed by atoms with Gasteiger partial charge in [0.1, 0.15) is 11.1 Å². The highest BCUT2D eigenvalue weighted by Gasteiger charge is 2.64. The Kier molecular flexibility index (Phi) is 5.74. The summed E-state index contributed by atoms with van der Waals surface area (Å²) in [5.74, 6) is -1.79. The fraction of sp³-hybridized carbons (Fsp3) is 0.619. The molecular weight excluding hydrogens is 346 g/mol. The molecule has 1 fully saturated rings. The summed E-state index contributed by atoms with van der Waals surface area (Å²) in [4.78, 5) is 25.1. The lowest BCUT2D eigenvalue weighted by Gasteiger charge is -2.45. The molecule has 1 saturated carbocycles. The first kappa shape index (κ1) is 21.4. The van der Waals surface area contributed by atoms with E-state index in [2.05, 4.69) is 5.32 Å². The van der Waals surface area contributed by atoms with Gasteiger partial charge in [0.2, 0.25) is 0 Å². The smallest absolute Gasteiger partial charge is 0.329 e. The topological polar surface area (TPSA) is 95.9 Å². The highest BCUT2D eigenvalue weighted by molar-refractivity contribution is 5.92. The van der Waals surface area contributed by atoms with E-state index in [9.17, 15) is 19.8 Å². The Labute approximate surface area is 160 Å². The lowest BCUT2D eigenvalue weighted by Crippen LogP contribution is -2.63. The zero-order valence-electron chi connectivity index (χ0n) is 16.8. The number of methoxy groups -OCH3 is 1. The standard InChI is InChI=1S/C21H31NO5/c1-18(2)19(3,14-27-5)11-12-21(18,26)16(23)22-20(4,17(24)25)13-15-9-7-6-8-10-15/h6-10,26H,11-14H2,1-5H3,(H,22,23)(H,24,25)/t19-,20-,21+/m0/s1. The fourth-order valence-corrected chi connectivity index (χ4v) is 4.08. The molecule has 0 aliphatic heterocycles. The number of aliphatic hydroxyl groups is 1. The molecule has 2 rings (SSSR count). The molecule has 3 N–H and O–H groups in total. The predicted octanol–water partition coefficient (Wildman–Crippen LogP) is 2.39. The minimum atomic E-state index is -1.67.